The number of nitrogens with zero attached hydrogens (tertiary/aromatic N) is 1. The van der Waals surface area contributed by atoms with E-state index in [0.717, 1.165) is 25.9 Å². The molecule has 7 nitrogen and oxygen atoms in total. The van der Waals surface area contributed by atoms with E-state index in [1.807, 2.05) is 13.8 Å². The maximum atomic E-state index is 12.7. The number of rotatable bonds is 7. The second-order valence-corrected chi connectivity index (χ2v) is 10.8. The molecule has 1 aliphatic heterocycles. The quantitative estimate of drug-likeness (QED) is 0.675. The highest BCUT2D eigenvalue weighted by Gasteiger charge is 2.34. The van der Waals surface area contributed by atoms with Crippen LogP contribution in [0.3, 0.4) is 0 Å². The van der Waals surface area contributed by atoms with E-state index in [2.05, 4.69) is 28.8 Å². The van der Waals surface area contributed by atoms with Gasteiger partial charge in [0.15, 0.2) is 0 Å². The topological polar surface area (TPSA) is 87.7 Å². The maximum Gasteiger partial charge on any atom is 0.251 e. The predicted molar refractivity (Wildman–Crippen MR) is 113 cm³/mol. The van der Waals surface area contributed by atoms with Gasteiger partial charge in [-0.05, 0) is 58.7 Å². The van der Waals surface area contributed by atoms with Crippen molar-refractivity contribution in [3.05, 3.63) is 28.8 Å². The number of hydrogen-bond donors (Lipinski definition) is 2. The number of hydrogen-bond acceptors (Lipinski definition) is 5. The molecule has 1 aliphatic carbocycles. The zero-order chi connectivity index (χ0) is 21.4. The average molecular weight is 444 g/mol. The third-order valence-corrected chi connectivity index (χ3v) is 7.34. The minimum absolute atomic E-state index is 0.0346. The summed E-state index contributed by atoms with van der Waals surface area (Å²) in [4.78, 5) is 15.0. The molecule has 162 valence electrons. The van der Waals surface area contributed by atoms with E-state index in [1.54, 1.807) is 6.07 Å². The van der Waals surface area contributed by atoms with Crippen molar-refractivity contribution in [2.75, 3.05) is 19.6 Å². The van der Waals surface area contributed by atoms with Crippen LogP contribution < -0.4 is 10.0 Å². The third kappa shape index (κ3) is 5.70. The molecule has 2 aliphatic rings. The van der Waals surface area contributed by atoms with E-state index in [-0.39, 0.29) is 45.2 Å². The minimum Gasteiger partial charge on any atom is -0.373 e. The Bertz CT molecular complexity index is 860. The number of benzene rings is 1. The summed E-state index contributed by atoms with van der Waals surface area (Å²) < 4.78 is 33.4. The van der Waals surface area contributed by atoms with E-state index < -0.39 is 10.0 Å². The van der Waals surface area contributed by atoms with Crippen molar-refractivity contribution < 1.29 is 17.9 Å². The first-order valence-electron chi connectivity index (χ1n) is 9.98. The van der Waals surface area contributed by atoms with Crippen molar-refractivity contribution in [2.24, 2.45) is 0 Å². The first-order chi connectivity index (χ1) is 13.5. The molecule has 0 unspecified atom stereocenters. The Balaban J connectivity index is 1.68. The van der Waals surface area contributed by atoms with Crippen LogP contribution in [0.15, 0.2) is 23.1 Å². The Morgan fingerprint density at radius 1 is 1.24 bits per heavy atom. The largest absolute Gasteiger partial charge is 0.373 e. The van der Waals surface area contributed by atoms with Gasteiger partial charge < -0.3 is 10.1 Å². The summed E-state index contributed by atoms with van der Waals surface area (Å²) in [7, 11) is -3.74. The number of sulfonamides is 1. The summed E-state index contributed by atoms with van der Waals surface area (Å²) in [6.07, 6.45) is 1.92. The van der Waals surface area contributed by atoms with Gasteiger partial charge in [0.2, 0.25) is 10.0 Å². The highest BCUT2D eigenvalue weighted by atomic mass is 35.5. The highest BCUT2D eigenvalue weighted by molar-refractivity contribution is 7.89. The molecule has 0 aromatic heterocycles. The molecule has 1 heterocycles. The molecule has 0 bridgehead atoms. The summed E-state index contributed by atoms with van der Waals surface area (Å²) in [5, 5.41) is 3.04. The summed E-state index contributed by atoms with van der Waals surface area (Å²) >= 11 is 6.10. The van der Waals surface area contributed by atoms with E-state index in [0.29, 0.717) is 6.54 Å². The minimum atomic E-state index is -3.74. The van der Waals surface area contributed by atoms with Crippen LogP contribution in [0.4, 0.5) is 0 Å². The smallest absolute Gasteiger partial charge is 0.251 e. The van der Waals surface area contributed by atoms with Crippen LogP contribution in [0.1, 0.15) is 50.9 Å². The van der Waals surface area contributed by atoms with Gasteiger partial charge in [0.25, 0.3) is 5.91 Å². The molecule has 1 saturated heterocycles. The number of morpholine rings is 1. The number of halogens is 1. The lowest BCUT2D eigenvalue weighted by Crippen LogP contribution is -2.58. The number of carbonyl (C=O) groups is 1. The molecule has 1 saturated carbocycles. The fourth-order valence-electron chi connectivity index (χ4n) is 3.52. The van der Waals surface area contributed by atoms with Gasteiger partial charge in [-0.3, -0.25) is 9.69 Å². The van der Waals surface area contributed by atoms with Crippen LogP contribution in [0.2, 0.25) is 5.02 Å². The monoisotopic (exact) mass is 443 g/mol. The van der Waals surface area contributed by atoms with Crippen LogP contribution in [0.5, 0.6) is 0 Å². The molecule has 1 aromatic rings. The Labute approximate surface area is 178 Å². The number of nitrogens with one attached hydrogen (secondary N) is 2. The zero-order valence-corrected chi connectivity index (χ0v) is 18.9. The number of carbonyl (C=O) groups excluding carboxylic acids is 1. The van der Waals surface area contributed by atoms with Crippen molar-refractivity contribution in [2.45, 2.75) is 69.2 Å². The Morgan fingerprint density at radius 3 is 2.45 bits per heavy atom. The molecule has 0 radical (unpaired) electrons. The number of amides is 1. The van der Waals surface area contributed by atoms with E-state index in [4.69, 9.17) is 16.3 Å². The molecule has 29 heavy (non-hydrogen) atoms. The van der Waals surface area contributed by atoms with Crippen molar-refractivity contribution in [3.8, 4) is 0 Å². The molecule has 2 fully saturated rings. The van der Waals surface area contributed by atoms with Crippen LogP contribution in [-0.2, 0) is 14.8 Å². The van der Waals surface area contributed by atoms with Crippen molar-refractivity contribution >= 4 is 27.5 Å². The average Bonchev–Trinajstić information content (AvgIpc) is 3.42. The molecular weight excluding hydrogens is 414 g/mol. The first kappa shape index (κ1) is 22.5. The molecule has 1 aromatic carbocycles. The Morgan fingerprint density at radius 2 is 1.86 bits per heavy atom. The van der Waals surface area contributed by atoms with E-state index in [9.17, 15) is 13.2 Å². The molecule has 0 spiro atoms. The lowest BCUT2D eigenvalue weighted by molar-refractivity contribution is -0.0948. The fraction of sp³-hybridized carbons (Fsp3) is 0.650. The van der Waals surface area contributed by atoms with Gasteiger partial charge in [-0.25, -0.2) is 13.1 Å². The van der Waals surface area contributed by atoms with Crippen molar-refractivity contribution in [1.29, 1.82) is 0 Å². The van der Waals surface area contributed by atoms with Crippen LogP contribution >= 0.6 is 11.6 Å². The van der Waals surface area contributed by atoms with Gasteiger partial charge in [0.05, 0.1) is 17.2 Å². The van der Waals surface area contributed by atoms with Gasteiger partial charge >= 0.3 is 0 Å². The molecule has 3 rings (SSSR count). The first-order valence-corrected chi connectivity index (χ1v) is 11.8. The Kier molecular flexibility index (Phi) is 6.60. The van der Waals surface area contributed by atoms with Gasteiger partial charge in [-0.1, -0.05) is 11.6 Å². The third-order valence-electron chi connectivity index (χ3n) is 5.34. The van der Waals surface area contributed by atoms with E-state index in [1.165, 1.54) is 12.1 Å². The number of ether oxygens (including phenoxy) is 1. The molecule has 1 amide bonds. The normalized spacial score (nSPS) is 23.8. The molecule has 9 heteroatoms. The maximum absolute atomic E-state index is 12.7. The van der Waals surface area contributed by atoms with Gasteiger partial charge in [0.1, 0.15) is 4.90 Å². The highest BCUT2D eigenvalue weighted by Crippen LogP contribution is 2.27. The standard InChI is InChI=1S/C20H30ClN3O4S/c1-13-10-24(11-14(2)28-13)20(3,4)12-22-19(25)15-5-8-17(21)18(9-15)29(26,27)23-16-6-7-16/h5,8-9,13-14,16,23H,6-7,10-12H2,1-4H3,(H,22,25)/t13-,14+. The summed E-state index contributed by atoms with van der Waals surface area (Å²) in [6.45, 7) is 10.3. The van der Waals surface area contributed by atoms with Crippen LogP contribution in [0, 0.1) is 0 Å². The SMILES string of the molecule is C[C@@H]1CN(C(C)(C)CNC(=O)c2ccc(Cl)c(S(=O)(=O)NC3CC3)c2)C[C@H](C)O1. The van der Waals surface area contributed by atoms with Crippen LogP contribution in [0.25, 0.3) is 0 Å². The van der Waals surface area contributed by atoms with Gasteiger partial charge in [-0.15, -0.1) is 0 Å². The summed E-state index contributed by atoms with van der Waals surface area (Å²) in [5.74, 6) is -0.327. The second kappa shape index (κ2) is 8.51. The van der Waals surface area contributed by atoms with Gasteiger partial charge in [-0.2, -0.15) is 0 Å². The van der Waals surface area contributed by atoms with Crippen LogP contribution in [-0.4, -0.2) is 62.6 Å². The van der Waals surface area contributed by atoms with E-state index >= 15 is 0 Å². The second-order valence-electron chi connectivity index (χ2n) is 8.70. The van der Waals surface area contributed by atoms with Gasteiger partial charge in [0, 0.05) is 36.8 Å². The zero-order valence-electron chi connectivity index (χ0n) is 17.4. The lowest BCUT2D eigenvalue weighted by Gasteiger charge is -2.45. The predicted octanol–water partition coefficient (Wildman–Crippen LogP) is 2.40. The molecular formula is C20H30ClN3O4S. The lowest BCUT2D eigenvalue weighted by atomic mass is 10.00. The molecule has 2 atom stereocenters. The van der Waals surface area contributed by atoms with Crippen molar-refractivity contribution in [1.82, 2.24) is 14.9 Å². The molecule has 2 N–H and O–H groups in total. The summed E-state index contributed by atoms with van der Waals surface area (Å²) in [6, 6.07) is 4.30. The Hall–Kier alpha value is -1.19. The summed E-state index contributed by atoms with van der Waals surface area (Å²) in [5.41, 5.74) is 0.00155. The van der Waals surface area contributed by atoms with Crippen molar-refractivity contribution in [3.63, 3.8) is 0 Å². The fourth-order valence-corrected chi connectivity index (χ4v) is 5.35.